The minimum atomic E-state index is 0.375. The maximum atomic E-state index is 4.88. The van der Waals surface area contributed by atoms with Crippen LogP contribution < -0.4 is 0 Å². The second-order valence-electron chi connectivity index (χ2n) is 10.1. The Bertz CT molecular complexity index is 1660. The SMILES string of the molecule is CC(C)c1cc(-c2ccccc2)cc(C(C)C)c1-n1ccnc1-c1ccc2sc3ccccc3c2c1. The van der Waals surface area contributed by atoms with Gasteiger partial charge in [-0.2, -0.15) is 0 Å². The molecule has 0 N–H and O–H groups in total. The van der Waals surface area contributed by atoms with E-state index in [1.807, 2.05) is 17.5 Å². The van der Waals surface area contributed by atoms with Crippen molar-refractivity contribution in [2.75, 3.05) is 0 Å². The zero-order chi connectivity index (χ0) is 24.8. The van der Waals surface area contributed by atoms with Gasteiger partial charge in [0.25, 0.3) is 0 Å². The molecule has 0 aliphatic rings. The Morgan fingerprint density at radius 2 is 1.31 bits per heavy atom. The smallest absolute Gasteiger partial charge is 0.144 e. The molecule has 0 unspecified atom stereocenters. The monoisotopic (exact) mass is 486 g/mol. The molecular weight excluding hydrogens is 456 g/mol. The summed E-state index contributed by atoms with van der Waals surface area (Å²) >= 11 is 1.85. The topological polar surface area (TPSA) is 17.8 Å². The second-order valence-corrected chi connectivity index (χ2v) is 11.2. The first-order valence-electron chi connectivity index (χ1n) is 12.7. The van der Waals surface area contributed by atoms with Crippen molar-refractivity contribution >= 4 is 31.5 Å². The summed E-state index contributed by atoms with van der Waals surface area (Å²) < 4.78 is 4.96. The predicted octanol–water partition coefficient (Wildman–Crippen LogP) is 9.82. The van der Waals surface area contributed by atoms with E-state index in [-0.39, 0.29) is 0 Å². The standard InChI is InChI=1S/C33H30N2S/c1-21(2)27-19-25(23-10-6-5-7-11-23)20-28(22(3)4)32(27)35-17-16-34-33(35)24-14-15-31-29(18-24)26-12-8-9-13-30(26)36-31/h5-22H,1-4H3. The van der Waals surface area contributed by atoms with Crippen LogP contribution in [-0.4, -0.2) is 9.55 Å². The number of hydrogen-bond acceptors (Lipinski definition) is 2. The van der Waals surface area contributed by atoms with Crippen LogP contribution in [0.3, 0.4) is 0 Å². The van der Waals surface area contributed by atoms with Gasteiger partial charge in [0.1, 0.15) is 5.82 Å². The van der Waals surface area contributed by atoms with Crippen molar-refractivity contribution in [2.45, 2.75) is 39.5 Å². The first kappa shape index (κ1) is 22.8. The van der Waals surface area contributed by atoms with Crippen molar-refractivity contribution in [3.63, 3.8) is 0 Å². The fourth-order valence-corrected chi connectivity index (χ4v) is 6.28. The molecule has 0 bridgehead atoms. The van der Waals surface area contributed by atoms with Gasteiger partial charge in [-0.3, -0.25) is 4.57 Å². The average molecular weight is 487 g/mol. The minimum Gasteiger partial charge on any atom is -0.299 e. The van der Waals surface area contributed by atoms with E-state index in [1.165, 1.54) is 48.1 Å². The normalized spacial score (nSPS) is 11.8. The van der Waals surface area contributed by atoms with E-state index in [0.717, 1.165) is 11.4 Å². The van der Waals surface area contributed by atoms with Crippen molar-refractivity contribution < 1.29 is 0 Å². The summed E-state index contributed by atoms with van der Waals surface area (Å²) in [6.07, 6.45) is 4.06. The van der Waals surface area contributed by atoms with E-state index in [4.69, 9.17) is 4.98 Å². The van der Waals surface area contributed by atoms with E-state index in [0.29, 0.717) is 11.8 Å². The zero-order valence-corrected chi connectivity index (χ0v) is 22.0. The molecule has 0 fully saturated rings. The van der Waals surface area contributed by atoms with Gasteiger partial charge >= 0.3 is 0 Å². The van der Waals surface area contributed by atoms with Gasteiger partial charge in [-0.25, -0.2) is 4.98 Å². The predicted molar refractivity (Wildman–Crippen MR) is 156 cm³/mol. The fraction of sp³-hybridized carbons (Fsp3) is 0.182. The molecule has 0 aliphatic heterocycles. The third kappa shape index (κ3) is 3.84. The summed E-state index contributed by atoms with van der Waals surface area (Å²) in [5.74, 6) is 1.74. The van der Waals surface area contributed by atoms with Crippen LogP contribution in [0.2, 0.25) is 0 Å². The zero-order valence-electron chi connectivity index (χ0n) is 21.2. The van der Waals surface area contributed by atoms with Crippen molar-refractivity contribution in [1.29, 1.82) is 0 Å². The fourth-order valence-electron chi connectivity index (χ4n) is 5.20. The first-order chi connectivity index (χ1) is 17.5. The quantitative estimate of drug-likeness (QED) is 0.237. The maximum absolute atomic E-state index is 4.88. The molecule has 2 aromatic heterocycles. The molecule has 0 spiro atoms. The van der Waals surface area contributed by atoms with Crippen LogP contribution in [-0.2, 0) is 0 Å². The van der Waals surface area contributed by atoms with Crippen LogP contribution in [0, 0.1) is 0 Å². The van der Waals surface area contributed by atoms with Crippen molar-refractivity contribution in [2.24, 2.45) is 0 Å². The summed E-state index contributed by atoms with van der Waals surface area (Å²) in [6, 6.07) is 30.9. The average Bonchev–Trinajstić information content (AvgIpc) is 3.53. The number of aromatic nitrogens is 2. The molecule has 0 saturated heterocycles. The number of fused-ring (bicyclic) bond motifs is 3. The molecule has 178 valence electrons. The van der Waals surface area contributed by atoms with Crippen LogP contribution in [0.4, 0.5) is 0 Å². The van der Waals surface area contributed by atoms with E-state index < -0.39 is 0 Å². The Balaban J connectivity index is 1.57. The van der Waals surface area contributed by atoms with Gasteiger partial charge in [0.15, 0.2) is 0 Å². The Kier molecular flexibility index (Phi) is 5.73. The van der Waals surface area contributed by atoms with E-state index in [1.54, 1.807) is 0 Å². The van der Waals surface area contributed by atoms with Crippen LogP contribution in [0.5, 0.6) is 0 Å². The highest BCUT2D eigenvalue weighted by Gasteiger charge is 2.21. The lowest BCUT2D eigenvalue weighted by atomic mass is 9.88. The van der Waals surface area contributed by atoms with Gasteiger partial charge in [-0.05, 0) is 70.5 Å². The molecule has 36 heavy (non-hydrogen) atoms. The number of thiophene rings is 1. The molecule has 3 heteroatoms. The van der Waals surface area contributed by atoms with E-state index in [2.05, 4.69) is 123 Å². The highest BCUT2D eigenvalue weighted by molar-refractivity contribution is 7.25. The van der Waals surface area contributed by atoms with Gasteiger partial charge in [-0.1, -0.05) is 76.2 Å². The van der Waals surface area contributed by atoms with Gasteiger partial charge in [0.2, 0.25) is 0 Å². The van der Waals surface area contributed by atoms with Crippen molar-refractivity contribution in [3.8, 4) is 28.2 Å². The number of hydrogen-bond donors (Lipinski definition) is 0. The lowest BCUT2D eigenvalue weighted by molar-refractivity contribution is 0.807. The Morgan fingerprint density at radius 1 is 0.639 bits per heavy atom. The highest BCUT2D eigenvalue weighted by atomic mass is 32.1. The summed E-state index contributed by atoms with van der Waals surface area (Å²) in [5.41, 5.74) is 7.64. The van der Waals surface area contributed by atoms with Crippen LogP contribution in [0.15, 0.2) is 97.3 Å². The number of imidazole rings is 1. The molecular formula is C33H30N2S. The molecule has 0 atom stereocenters. The van der Waals surface area contributed by atoms with Gasteiger partial charge in [0, 0.05) is 38.1 Å². The minimum absolute atomic E-state index is 0.375. The molecule has 2 heterocycles. The van der Waals surface area contributed by atoms with Gasteiger partial charge in [0.05, 0.1) is 5.69 Å². The Labute approximate surface area is 216 Å². The molecule has 4 aromatic carbocycles. The lowest BCUT2D eigenvalue weighted by Gasteiger charge is -2.23. The molecule has 2 nitrogen and oxygen atoms in total. The number of rotatable bonds is 5. The van der Waals surface area contributed by atoms with Crippen LogP contribution in [0.1, 0.15) is 50.7 Å². The molecule has 6 aromatic rings. The second kappa shape index (κ2) is 9.07. The molecule has 0 amide bonds. The molecule has 0 radical (unpaired) electrons. The van der Waals surface area contributed by atoms with Gasteiger partial charge < -0.3 is 0 Å². The van der Waals surface area contributed by atoms with E-state index >= 15 is 0 Å². The third-order valence-corrected chi connectivity index (χ3v) is 8.19. The summed E-state index contributed by atoms with van der Waals surface area (Å²) in [5, 5.41) is 2.62. The first-order valence-corrected chi connectivity index (χ1v) is 13.5. The lowest BCUT2D eigenvalue weighted by Crippen LogP contribution is -2.08. The molecule has 6 rings (SSSR count). The summed E-state index contributed by atoms with van der Waals surface area (Å²) in [4.78, 5) is 4.88. The summed E-state index contributed by atoms with van der Waals surface area (Å²) in [7, 11) is 0. The highest BCUT2D eigenvalue weighted by Crippen LogP contribution is 2.39. The largest absolute Gasteiger partial charge is 0.299 e. The molecule has 0 saturated carbocycles. The van der Waals surface area contributed by atoms with Crippen molar-refractivity contribution in [3.05, 3.63) is 108 Å². The van der Waals surface area contributed by atoms with Gasteiger partial charge in [-0.15, -0.1) is 11.3 Å². The van der Waals surface area contributed by atoms with E-state index in [9.17, 15) is 0 Å². The van der Waals surface area contributed by atoms with Crippen LogP contribution >= 0.6 is 11.3 Å². The van der Waals surface area contributed by atoms with Crippen LogP contribution in [0.25, 0.3) is 48.4 Å². The third-order valence-electron chi connectivity index (χ3n) is 7.04. The number of benzene rings is 4. The molecule has 0 aliphatic carbocycles. The Morgan fingerprint density at radius 3 is 2.03 bits per heavy atom. The summed E-state index contributed by atoms with van der Waals surface area (Å²) in [6.45, 7) is 9.16. The Hall–Kier alpha value is -3.69. The maximum Gasteiger partial charge on any atom is 0.144 e. The van der Waals surface area contributed by atoms with Crippen molar-refractivity contribution in [1.82, 2.24) is 9.55 Å². The number of nitrogens with zero attached hydrogens (tertiary/aromatic N) is 2.